The molecule has 2 atom stereocenters. The number of aromatic amines is 1. The van der Waals surface area contributed by atoms with E-state index in [4.69, 9.17) is 38.7 Å². The molecule has 0 amide bonds. The largest absolute Gasteiger partial charge is 0.376 e. The number of hydrogen-bond donors (Lipinski definition) is 2. The minimum atomic E-state index is -0.206. The van der Waals surface area contributed by atoms with Gasteiger partial charge in [-0.1, -0.05) is 23.2 Å². The lowest BCUT2D eigenvalue weighted by molar-refractivity contribution is 0.0973. The van der Waals surface area contributed by atoms with Crippen LogP contribution in [0.4, 0.5) is 5.95 Å². The third kappa shape index (κ3) is 3.22. The summed E-state index contributed by atoms with van der Waals surface area (Å²) in [5.74, 6) is 0.588. The van der Waals surface area contributed by atoms with Gasteiger partial charge >= 0.3 is 0 Å². The van der Waals surface area contributed by atoms with Gasteiger partial charge in [-0.05, 0) is 25.8 Å². The summed E-state index contributed by atoms with van der Waals surface area (Å²) in [6, 6.07) is 1.63. The van der Waals surface area contributed by atoms with Crippen LogP contribution in [0.25, 0.3) is 22.3 Å². The van der Waals surface area contributed by atoms with Gasteiger partial charge in [-0.3, -0.25) is 14.5 Å². The van der Waals surface area contributed by atoms with Crippen molar-refractivity contribution in [3.63, 3.8) is 0 Å². The molecule has 3 aromatic heterocycles. The van der Waals surface area contributed by atoms with Crippen molar-refractivity contribution < 1.29 is 4.74 Å². The van der Waals surface area contributed by atoms with Gasteiger partial charge in [0.2, 0.25) is 5.95 Å². The lowest BCUT2D eigenvalue weighted by atomic mass is 9.73. The Labute approximate surface area is 188 Å². The fourth-order valence-corrected chi connectivity index (χ4v) is 5.11. The first-order chi connectivity index (χ1) is 14.8. The molecule has 0 saturated carbocycles. The van der Waals surface area contributed by atoms with Crippen molar-refractivity contribution in [1.29, 1.82) is 0 Å². The first kappa shape index (κ1) is 20.7. The number of nitrogens with zero attached hydrogens (tertiary/aromatic N) is 5. The average Bonchev–Trinajstić information content (AvgIpc) is 3.30. The van der Waals surface area contributed by atoms with Crippen LogP contribution in [0.15, 0.2) is 17.1 Å². The second kappa shape index (κ2) is 7.44. The number of hydrogen-bond acceptors (Lipinski definition) is 7. The number of aromatic nitrogens is 5. The van der Waals surface area contributed by atoms with Crippen molar-refractivity contribution >= 4 is 40.2 Å². The fourth-order valence-electron chi connectivity index (χ4n) is 4.75. The number of pyridine rings is 1. The molecule has 0 radical (unpaired) electrons. The van der Waals surface area contributed by atoms with Crippen molar-refractivity contribution in [2.45, 2.75) is 31.9 Å². The number of anilines is 1. The van der Waals surface area contributed by atoms with E-state index in [1.807, 2.05) is 6.92 Å². The highest BCUT2D eigenvalue weighted by atomic mass is 35.5. The molecule has 2 aliphatic heterocycles. The highest BCUT2D eigenvalue weighted by Gasteiger charge is 2.47. The molecule has 0 unspecified atom stereocenters. The fraction of sp³-hybridized carbons (Fsp3) is 0.500. The SMILES string of the molecule is C[C@@H]1OCC2(CCN(c3nc4n[nH]c(-c5cc(Cl)ncc5Cl)c4c(=O)n3C)CC2)[C@@H]1N. The Bertz CT molecular complexity index is 1220. The maximum Gasteiger partial charge on any atom is 0.266 e. The van der Waals surface area contributed by atoms with Crippen LogP contribution in [0.1, 0.15) is 19.8 Å². The van der Waals surface area contributed by atoms with E-state index in [0.717, 1.165) is 25.9 Å². The molecule has 3 aromatic rings. The van der Waals surface area contributed by atoms with Gasteiger partial charge in [-0.15, -0.1) is 0 Å². The van der Waals surface area contributed by atoms with Gasteiger partial charge in [0.1, 0.15) is 10.5 Å². The maximum atomic E-state index is 13.3. The molecule has 11 heteroatoms. The molecule has 2 saturated heterocycles. The zero-order chi connectivity index (χ0) is 21.9. The second-order valence-electron chi connectivity index (χ2n) is 8.45. The van der Waals surface area contributed by atoms with E-state index in [1.54, 1.807) is 17.7 Å². The van der Waals surface area contributed by atoms with Gasteiger partial charge in [0.15, 0.2) is 5.65 Å². The maximum absolute atomic E-state index is 13.3. The van der Waals surface area contributed by atoms with Crippen molar-refractivity contribution in [2.24, 2.45) is 18.2 Å². The van der Waals surface area contributed by atoms with Gasteiger partial charge < -0.3 is 15.4 Å². The van der Waals surface area contributed by atoms with Crippen LogP contribution in [0.3, 0.4) is 0 Å². The minimum Gasteiger partial charge on any atom is -0.376 e. The predicted molar refractivity (Wildman–Crippen MR) is 120 cm³/mol. The molecule has 3 N–H and O–H groups in total. The van der Waals surface area contributed by atoms with Crippen molar-refractivity contribution in [3.05, 3.63) is 32.8 Å². The third-order valence-corrected chi connectivity index (χ3v) is 7.26. The van der Waals surface area contributed by atoms with E-state index in [1.165, 1.54) is 6.20 Å². The molecule has 5 heterocycles. The Morgan fingerprint density at radius 3 is 2.74 bits per heavy atom. The van der Waals surface area contributed by atoms with Crippen LogP contribution in [-0.4, -0.2) is 56.6 Å². The van der Waals surface area contributed by atoms with Crippen LogP contribution < -0.4 is 16.2 Å². The van der Waals surface area contributed by atoms with E-state index in [2.05, 4.69) is 20.1 Å². The second-order valence-corrected chi connectivity index (χ2v) is 9.25. The van der Waals surface area contributed by atoms with Crippen LogP contribution in [0, 0.1) is 5.41 Å². The Morgan fingerprint density at radius 1 is 1.32 bits per heavy atom. The van der Waals surface area contributed by atoms with E-state index in [9.17, 15) is 4.79 Å². The molecule has 2 aliphatic rings. The molecule has 31 heavy (non-hydrogen) atoms. The number of ether oxygens (including phenoxy) is 1. The summed E-state index contributed by atoms with van der Waals surface area (Å²) in [4.78, 5) is 24.1. The summed E-state index contributed by atoms with van der Waals surface area (Å²) < 4.78 is 7.37. The van der Waals surface area contributed by atoms with Crippen molar-refractivity contribution in [2.75, 3.05) is 24.6 Å². The van der Waals surface area contributed by atoms with Crippen molar-refractivity contribution in [1.82, 2.24) is 24.7 Å². The average molecular weight is 464 g/mol. The first-order valence-electron chi connectivity index (χ1n) is 10.2. The van der Waals surface area contributed by atoms with E-state index in [0.29, 0.717) is 39.9 Å². The topological polar surface area (TPSA) is 115 Å². The number of nitrogens with two attached hydrogens (primary N) is 1. The summed E-state index contributed by atoms with van der Waals surface area (Å²) in [5.41, 5.74) is 7.59. The van der Waals surface area contributed by atoms with Gasteiger partial charge in [-0.2, -0.15) is 10.1 Å². The van der Waals surface area contributed by atoms with Gasteiger partial charge in [0.05, 0.1) is 23.4 Å². The summed E-state index contributed by atoms with van der Waals surface area (Å²) in [7, 11) is 1.72. The predicted octanol–water partition coefficient (Wildman–Crippen LogP) is 2.36. The number of rotatable bonds is 2. The van der Waals surface area contributed by atoms with E-state index in [-0.39, 0.29) is 28.3 Å². The Kier molecular flexibility index (Phi) is 4.97. The molecule has 0 aromatic carbocycles. The first-order valence-corrected chi connectivity index (χ1v) is 10.9. The van der Waals surface area contributed by atoms with Crippen LogP contribution in [0.2, 0.25) is 10.2 Å². The molecule has 5 rings (SSSR count). The Balaban J connectivity index is 1.51. The zero-order valence-corrected chi connectivity index (χ0v) is 18.7. The molecular formula is C20H23Cl2N7O2. The Hall–Kier alpha value is -2.20. The molecule has 9 nitrogen and oxygen atoms in total. The molecule has 0 aliphatic carbocycles. The number of nitrogens with one attached hydrogen (secondary N) is 1. The van der Waals surface area contributed by atoms with Crippen LogP contribution in [-0.2, 0) is 11.8 Å². The third-order valence-electron chi connectivity index (χ3n) is 6.75. The Morgan fingerprint density at radius 2 is 2.06 bits per heavy atom. The molecular weight excluding hydrogens is 441 g/mol. The lowest BCUT2D eigenvalue weighted by Gasteiger charge is -2.41. The van der Waals surface area contributed by atoms with Crippen LogP contribution in [0.5, 0.6) is 0 Å². The molecule has 164 valence electrons. The summed E-state index contributed by atoms with van der Waals surface area (Å²) in [5, 5.41) is 8.18. The molecule has 2 fully saturated rings. The zero-order valence-electron chi connectivity index (χ0n) is 17.2. The normalized spacial score (nSPS) is 23.2. The highest BCUT2D eigenvalue weighted by molar-refractivity contribution is 6.34. The van der Waals surface area contributed by atoms with Gasteiger partial charge in [-0.25, -0.2) is 4.98 Å². The summed E-state index contributed by atoms with van der Waals surface area (Å²) in [6.07, 6.45) is 3.30. The number of halogens is 2. The lowest BCUT2D eigenvalue weighted by Crippen LogP contribution is -2.51. The monoisotopic (exact) mass is 463 g/mol. The van der Waals surface area contributed by atoms with E-state index >= 15 is 0 Å². The standard InChI is InChI=1S/C20H23Cl2N7O2/c1-10-16(23)20(9-31-10)3-5-29(6-4-20)19-25-17-14(18(30)28(19)2)15(26-27-17)11-7-13(22)24-8-12(11)21/h7-8,10,16H,3-6,9,23H2,1-2H3,(H,26,27)/t10-,16+/m0/s1. The van der Waals surface area contributed by atoms with Gasteiger partial charge in [0.25, 0.3) is 5.56 Å². The van der Waals surface area contributed by atoms with Crippen molar-refractivity contribution in [3.8, 4) is 11.3 Å². The highest BCUT2D eigenvalue weighted by Crippen LogP contribution is 2.41. The number of piperidine rings is 1. The minimum absolute atomic E-state index is 0.00422. The van der Waals surface area contributed by atoms with E-state index < -0.39 is 0 Å². The number of H-pyrrole nitrogens is 1. The molecule has 0 bridgehead atoms. The smallest absolute Gasteiger partial charge is 0.266 e. The molecule has 1 spiro atoms. The number of fused-ring (bicyclic) bond motifs is 1. The quantitative estimate of drug-likeness (QED) is 0.560. The van der Waals surface area contributed by atoms with Gasteiger partial charge in [0, 0.05) is 43.4 Å². The summed E-state index contributed by atoms with van der Waals surface area (Å²) in [6.45, 7) is 4.21. The summed E-state index contributed by atoms with van der Waals surface area (Å²) >= 11 is 12.3. The van der Waals surface area contributed by atoms with Crippen LogP contribution >= 0.6 is 23.2 Å².